The topological polar surface area (TPSA) is 50.4 Å². The Morgan fingerprint density at radius 1 is 1.17 bits per heavy atom. The Morgan fingerprint density at radius 2 is 2.00 bits per heavy atom. The largest absolute Gasteiger partial charge is 0.491 e. The lowest BCUT2D eigenvalue weighted by atomic mass is 10.2. The van der Waals surface area contributed by atoms with Crippen molar-refractivity contribution in [3.63, 3.8) is 0 Å². The number of amides is 1. The van der Waals surface area contributed by atoms with Gasteiger partial charge in [-0.05, 0) is 42.8 Å². The van der Waals surface area contributed by atoms with Crippen LogP contribution in [0.25, 0.3) is 0 Å². The summed E-state index contributed by atoms with van der Waals surface area (Å²) in [7, 11) is 0. The van der Waals surface area contributed by atoms with Crippen LogP contribution >= 0.6 is 0 Å². The molecular formula is C19H23FN2O2. The molecule has 2 rings (SSSR count). The van der Waals surface area contributed by atoms with Gasteiger partial charge >= 0.3 is 0 Å². The van der Waals surface area contributed by atoms with Crippen LogP contribution in [0.5, 0.6) is 5.75 Å². The lowest BCUT2D eigenvalue weighted by molar-refractivity contribution is -0.116. The summed E-state index contributed by atoms with van der Waals surface area (Å²) in [6.45, 7) is 4.03. The molecule has 24 heavy (non-hydrogen) atoms. The summed E-state index contributed by atoms with van der Waals surface area (Å²) in [6, 6.07) is 14.0. The van der Waals surface area contributed by atoms with E-state index >= 15 is 0 Å². The standard InChI is InChI=1S/C19H23FN2O2/c1-2-21-14-15-7-5-8-16(13-15)22-19(23)11-6-12-24-18-10-4-3-9-17(18)20/h3-5,7-10,13,21H,2,6,11-12,14H2,1H3,(H,22,23). The Hall–Kier alpha value is -2.40. The molecule has 0 aromatic heterocycles. The maximum atomic E-state index is 13.4. The quantitative estimate of drug-likeness (QED) is 0.689. The second-order valence-corrected chi connectivity index (χ2v) is 5.41. The van der Waals surface area contributed by atoms with E-state index in [9.17, 15) is 9.18 Å². The third-order valence-corrected chi connectivity index (χ3v) is 3.43. The van der Waals surface area contributed by atoms with Crippen molar-refractivity contribution in [2.75, 3.05) is 18.5 Å². The van der Waals surface area contributed by atoms with Crippen molar-refractivity contribution in [1.82, 2.24) is 5.32 Å². The van der Waals surface area contributed by atoms with Crippen LogP contribution in [0.3, 0.4) is 0 Å². The van der Waals surface area contributed by atoms with E-state index in [0.29, 0.717) is 19.4 Å². The highest BCUT2D eigenvalue weighted by atomic mass is 19.1. The van der Waals surface area contributed by atoms with E-state index in [2.05, 4.69) is 17.6 Å². The predicted molar refractivity (Wildman–Crippen MR) is 93.6 cm³/mol. The van der Waals surface area contributed by atoms with Gasteiger partial charge < -0.3 is 15.4 Å². The van der Waals surface area contributed by atoms with Gasteiger partial charge in [-0.1, -0.05) is 31.2 Å². The van der Waals surface area contributed by atoms with E-state index in [4.69, 9.17) is 4.74 Å². The second kappa shape index (κ2) is 9.67. The van der Waals surface area contributed by atoms with Gasteiger partial charge in [-0.3, -0.25) is 4.79 Å². The van der Waals surface area contributed by atoms with Crippen molar-refractivity contribution in [3.8, 4) is 5.75 Å². The van der Waals surface area contributed by atoms with E-state index in [1.165, 1.54) is 6.07 Å². The van der Waals surface area contributed by atoms with Crippen molar-refractivity contribution < 1.29 is 13.9 Å². The number of rotatable bonds is 9. The van der Waals surface area contributed by atoms with Gasteiger partial charge in [-0.15, -0.1) is 0 Å². The molecule has 0 spiro atoms. The second-order valence-electron chi connectivity index (χ2n) is 5.41. The summed E-state index contributed by atoms with van der Waals surface area (Å²) in [6.07, 6.45) is 0.850. The average Bonchev–Trinajstić information content (AvgIpc) is 2.58. The Bertz CT molecular complexity index is 661. The van der Waals surface area contributed by atoms with Crippen LogP contribution in [0.1, 0.15) is 25.3 Å². The number of carbonyl (C=O) groups is 1. The SMILES string of the molecule is CCNCc1cccc(NC(=O)CCCOc2ccccc2F)c1. The molecule has 2 aromatic rings. The molecular weight excluding hydrogens is 307 g/mol. The smallest absolute Gasteiger partial charge is 0.224 e. The number of ether oxygens (including phenoxy) is 1. The van der Waals surface area contributed by atoms with Crippen molar-refractivity contribution in [1.29, 1.82) is 0 Å². The Balaban J connectivity index is 1.72. The van der Waals surface area contributed by atoms with E-state index in [-0.39, 0.29) is 17.5 Å². The van der Waals surface area contributed by atoms with Crippen LogP contribution in [0.4, 0.5) is 10.1 Å². The van der Waals surface area contributed by atoms with Crippen LogP contribution in [-0.4, -0.2) is 19.1 Å². The highest BCUT2D eigenvalue weighted by Crippen LogP contribution is 2.16. The molecule has 2 N–H and O–H groups in total. The molecule has 1 amide bonds. The summed E-state index contributed by atoms with van der Waals surface area (Å²) >= 11 is 0. The third kappa shape index (κ3) is 6.01. The highest BCUT2D eigenvalue weighted by molar-refractivity contribution is 5.90. The summed E-state index contributed by atoms with van der Waals surface area (Å²) in [5.74, 6) is -0.249. The molecule has 2 aromatic carbocycles. The number of halogens is 1. The van der Waals surface area contributed by atoms with Gasteiger partial charge in [-0.25, -0.2) is 4.39 Å². The number of benzene rings is 2. The molecule has 4 nitrogen and oxygen atoms in total. The van der Waals surface area contributed by atoms with Gasteiger partial charge in [0.15, 0.2) is 11.6 Å². The summed E-state index contributed by atoms with van der Waals surface area (Å²) in [4.78, 5) is 12.0. The number of hydrogen-bond donors (Lipinski definition) is 2. The molecule has 128 valence electrons. The molecule has 0 aliphatic heterocycles. The Kier molecular flexibility index (Phi) is 7.23. The van der Waals surface area contributed by atoms with Crippen molar-refractivity contribution >= 4 is 11.6 Å². The predicted octanol–water partition coefficient (Wildman–Crippen LogP) is 3.73. The van der Waals surface area contributed by atoms with Gasteiger partial charge in [0.05, 0.1) is 6.61 Å². The molecule has 0 atom stereocenters. The van der Waals surface area contributed by atoms with Crippen molar-refractivity contribution in [2.24, 2.45) is 0 Å². The maximum absolute atomic E-state index is 13.4. The van der Waals surface area contributed by atoms with Gasteiger partial charge in [0, 0.05) is 18.7 Å². The molecule has 0 fully saturated rings. The molecule has 0 unspecified atom stereocenters. The zero-order valence-corrected chi connectivity index (χ0v) is 13.8. The number of para-hydroxylation sites is 1. The number of carbonyl (C=O) groups excluding carboxylic acids is 1. The van der Waals surface area contributed by atoms with E-state index in [1.54, 1.807) is 18.2 Å². The zero-order valence-electron chi connectivity index (χ0n) is 13.8. The van der Waals surface area contributed by atoms with Gasteiger partial charge in [0.25, 0.3) is 0 Å². The number of hydrogen-bond acceptors (Lipinski definition) is 3. The van der Waals surface area contributed by atoms with Gasteiger partial charge in [0.2, 0.25) is 5.91 Å². The first-order valence-corrected chi connectivity index (χ1v) is 8.16. The monoisotopic (exact) mass is 330 g/mol. The lowest BCUT2D eigenvalue weighted by Crippen LogP contribution is -2.14. The first-order valence-electron chi connectivity index (χ1n) is 8.16. The van der Waals surface area contributed by atoms with Crippen molar-refractivity contribution in [2.45, 2.75) is 26.3 Å². The fraction of sp³-hybridized carbons (Fsp3) is 0.316. The van der Waals surface area contributed by atoms with Crippen LogP contribution in [-0.2, 0) is 11.3 Å². The molecule has 5 heteroatoms. The lowest BCUT2D eigenvalue weighted by Gasteiger charge is -2.09. The first kappa shape index (κ1) is 17.9. The maximum Gasteiger partial charge on any atom is 0.224 e. The van der Waals surface area contributed by atoms with Crippen LogP contribution in [0.15, 0.2) is 48.5 Å². The van der Waals surface area contributed by atoms with Crippen molar-refractivity contribution in [3.05, 3.63) is 59.9 Å². The molecule has 0 saturated heterocycles. The molecule has 0 heterocycles. The third-order valence-electron chi connectivity index (χ3n) is 3.43. The van der Waals surface area contributed by atoms with E-state index in [1.807, 2.05) is 24.3 Å². The summed E-state index contributed by atoms with van der Waals surface area (Å²) < 4.78 is 18.7. The van der Waals surface area contributed by atoms with Gasteiger partial charge in [-0.2, -0.15) is 0 Å². The number of anilines is 1. The van der Waals surface area contributed by atoms with Crippen LogP contribution < -0.4 is 15.4 Å². The van der Waals surface area contributed by atoms with E-state index in [0.717, 1.165) is 24.3 Å². The Labute approximate surface area is 142 Å². The first-order chi connectivity index (χ1) is 11.7. The molecule has 0 saturated carbocycles. The molecule has 0 aliphatic rings. The Morgan fingerprint density at radius 3 is 2.79 bits per heavy atom. The average molecular weight is 330 g/mol. The van der Waals surface area contributed by atoms with Crippen LogP contribution in [0.2, 0.25) is 0 Å². The molecule has 0 bridgehead atoms. The van der Waals surface area contributed by atoms with Gasteiger partial charge in [0.1, 0.15) is 0 Å². The highest BCUT2D eigenvalue weighted by Gasteiger charge is 2.05. The number of nitrogens with one attached hydrogen (secondary N) is 2. The summed E-state index contributed by atoms with van der Waals surface area (Å²) in [5.41, 5.74) is 1.91. The van der Waals surface area contributed by atoms with Crippen LogP contribution in [0, 0.1) is 5.82 Å². The minimum absolute atomic E-state index is 0.0762. The fourth-order valence-corrected chi connectivity index (χ4v) is 2.23. The molecule has 0 radical (unpaired) electrons. The summed E-state index contributed by atoms with van der Waals surface area (Å²) in [5, 5.41) is 6.12. The normalized spacial score (nSPS) is 10.4. The fourth-order valence-electron chi connectivity index (χ4n) is 2.23. The molecule has 0 aliphatic carbocycles. The van der Waals surface area contributed by atoms with E-state index < -0.39 is 0 Å². The minimum Gasteiger partial charge on any atom is -0.491 e. The minimum atomic E-state index is -0.389. The zero-order chi connectivity index (χ0) is 17.2.